The summed E-state index contributed by atoms with van der Waals surface area (Å²) in [4.78, 5) is 23.4. The van der Waals surface area contributed by atoms with E-state index >= 15 is 0 Å². The Morgan fingerprint density at radius 2 is 2.10 bits per heavy atom. The fourth-order valence-corrected chi connectivity index (χ4v) is 3.80. The highest BCUT2D eigenvalue weighted by Crippen LogP contribution is 2.22. The molecule has 0 spiro atoms. The first-order valence-corrected chi connectivity index (χ1v) is 9.94. The van der Waals surface area contributed by atoms with E-state index in [2.05, 4.69) is 25.3 Å². The van der Waals surface area contributed by atoms with Crippen LogP contribution in [0.1, 0.15) is 23.7 Å². The van der Waals surface area contributed by atoms with E-state index in [-0.39, 0.29) is 12.0 Å². The summed E-state index contributed by atoms with van der Waals surface area (Å²) in [7, 11) is 0. The quantitative estimate of drug-likeness (QED) is 0.549. The standard InChI is InChI=1S/C21H21N7O2/c1-2-30-18-7-8-27(12-18)21(29)16-9-15-11-25-28(20(15)22-10-16)17-5-3-14(4-6-17)19-23-13-24-26-19/h3-6,9-11,13,18H,2,7-8,12H2,1H3,(H,23,24,26)/t18-/m1/s1. The number of rotatable bonds is 5. The summed E-state index contributed by atoms with van der Waals surface area (Å²) in [5, 5.41) is 12.0. The van der Waals surface area contributed by atoms with E-state index in [9.17, 15) is 4.79 Å². The van der Waals surface area contributed by atoms with Gasteiger partial charge in [-0.25, -0.2) is 14.6 Å². The molecular formula is C21H21N7O2. The highest BCUT2D eigenvalue weighted by molar-refractivity contribution is 5.97. The minimum atomic E-state index is -0.0178. The maximum Gasteiger partial charge on any atom is 0.255 e. The average Bonchev–Trinajstić information content (AvgIpc) is 3.54. The van der Waals surface area contributed by atoms with Crippen LogP contribution in [-0.2, 0) is 4.74 Å². The summed E-state index contributed by atoms with van der Waals surface area (Å²) in [5.74, 6) is 0.692. The number of aromatic nitrogens is 6. The first-order valence-electron chi connectivity index (χ1n) is 9.94. The van der Waals surface area contributed by atoms with Crippen LogP contribution in [0.2, 0.25) is 0 Å². The number of nitrogens with one attached hydrogen (secondary N) is 1. The molecule has 0 radical (unpaired) electrons. The molecule has 1 N–H and O–H groups in total. The summed E-state index contributed by atoms with van der Waals surface area (Å²) in [6.45, 7) is 3.97. The van der Waals surface area contributed by atoms with Crippen LogP contribution >= 0.6 is 0 Å². The third-order valence-corrected chi connectivity index (χ3v) is 5.29. The molecule has 1 fully saturated rings. The molecule has 1 aromatic carbocycles. The van der Waals surface area contributed by atoms with Crippen LogP contribution in [-0.4, -0.2) is 66.6 Å². The van der Waals surface area contributed by atoms with Crippen molar-refractivity contribution in [2.24, 2.45) is 0 Å². The monoisotopic (exact) mass is 403 g/mol. The third-order valence-electron chi connectivity index (χ3n) is 5.29. The molecule has 1 atom stereocenters. The van der Waals surface area contributed by atoms with Gasteiger partial charge in [-0.1, -0.05) is 0 Å². The molecule has 0 aliphatic carbocycles. The molecule has 1 saturated heterocycles. The van der Waals surface area contributed by atoms with Gasteiger partial charge in [0.15, 0.2) is 11.5 Å². The highest BCUT2D eigenvalue weighted by atomic mass is 16.5. The number of benzene rings is 1. The van der Waals surface area contributed by atoms with Gasteiger partial charge in [-0.3, -0.25) is 9.89 Å². The minimum Gasteiger partial charge on any atom is -0.377 e. The van der Waals surface area contributed by atoms with Gasteiger partial charge in [0, 0.05) is 36.8 Å². The number of carbonyl (C=O) groups excluding carboxylic acids is 1. The molecule has 5 rings (SSSR count). The molecule has 0 unspecified atom stereocenters. The summed E-state index contributed by atoms with van der Waals surface area (Å²) in [5.41, 5.74) is 3.08. The third kappa shape index (κ3) is 3.33. The molecule has 9 heteroatoms. The van der Waals surface area contributed by atoms with Gasteiger partial charge in [0.05, 0.1) is 23.6 Å². The Kier molecular flexibility index (Phi) is 4.72. The second kappa shape index (κ2) is 7.68. The lowest BCUT2D eigenvalue weighted by Crippen LogP contribution is -2.30. The first kappa shape index (κ1) is 18.4. The number of H-pyrrole nitrogens is 1. The van der Waals surface area contributed by atoms with Gasteiger partial charge in [-0.05, 0) is 43.7 Å². The van der Waals surface area contributed by atoms with Crippen molar-refractivity contribution in [3.63, 3.8) is 0 Å². The number of nitrogens with zero attached hydrogens (tertiary/aromatic N) is 6. The lowest BCUT2D eigenvalue weighted by molar-refractivity contribution is 0.0598. The Balaban J connectivity index is 1.38. The van der Waals surface area contributed by atoms with Gasteiger partial charge >= 0.3 is 0 Å². The van der Waals surface area contributed by atoms with Crippen molar-refractivity contribution in [1.29, 1.82) is 0 Å². The Labute approximate surface area is 172 Å². The van der Waals surface area contributed by atoms with Crippen molar-refractivity contribution in [3.8, 4) is 17.1 Å². The maximum absolute atomic E-state index is 12.9. The zero-order valence-electron chi connectivity index (χ0n) is 16.5. The molecule has 4 heterocycles. The zero-order chi connectivity index (χ0) is 20.5. The summed E-state index contributed by atoms with van der Waals surface area (Å²) >= 11 is 0. The number of ether oxygens (including phenoxy) is 1. The molecule has 3 aromatic heterocycles. The smallest absolute Gasteiger partial charge is 0.255 e. The second-order valence-corrected chi connectivity index (χ2v) is 7.19. The number of carbonyl (C=O) groups is 1. The number of likely N-dealkylation sites (tertiary alicyclic amines) is 1. The molecule has 4 aromatic rings. The highest BCUT2D eigenvalue weighted by Gasteiger charge is 2.27. The van der Waals surface area contributed by atoms with Gasteiger partial charge in [0.2, 0.25) is 0 Å². The van der Waals surface area contributed by atoms with Gasteiger partial charge in [-0.15, -0.1) is 0 Å². The summed E-state index contributed by atoms with van der Waals surface area (Å²) in [6, 6.07) is 9.64. The van der Waals surface area contributed by atoms with Crippen LogP contribution in [0, 0.1) is 0 Å². The van der Waals surface area contributed by atoms with Gasteiger partial charge in [0.25, 0.3) is 5.91 Å². The number of pyridine rings is 1. The largest absolute Gasteiger partial charge is 0.377 e. The Morgan fingerprint density at radius 1 is 1.23 bits per heavy atom. The molecule has 0 bridgehead atoms. The SMILES string of the molecule is CCO[C@@H]1CCN(C(=O)c2cnc3c(cnn3-c3ccc(-c4ncn[nH]4)cc3)c2)C1. The van der Waals surface area contributed by atoms with Crippen LogP contribution < -0.4 is 0 Å². The van der Waals surface area contributed by atoms with Crippen LogP contribution in [0.3, 0.4) is 0 Å². The molecule has 152 valence electrons. The van der Waals surface area contributed by atoms with Crippen molar-refractivity contribution in [2.45, 2.75) is 19.4 Å². The predicted octanol–water partition coefficient (Wildman–Crippen LogP) is 2.46. The molecule has 30 heavy (non-hydrogen) atoms. The van der Waals surface area contributed by atoms with Crippen LogP contribution in [0.5, 0.6) is 0 Å². The van der Waals surface area contributed by atoms with Crippen molar-refractivity contribution >= 4 is 16.9 Å². The molecular weight excluding hydrogens is 382 g/mol. The fourth-order valence-electron chi connectivity index (χ4n) is 3.80. The van der Waals surface area contributed by atoms with Gasteiger partial charge in [0.1, 0.15) is 6.33 Å². The van der Waals surface area contributed by atoms with Crippen molar-refractivity contribution in [3.05, 3.63) is 54.6 Å². The van der Waals surface area contributed by atoms with Crippen molar-refractivity contribution in [2.75, 3.05) is 19.7 Å². The van der Waals surface area contributed by atoms with Gasteiger partial charge < -0.3 is 9.64 Å². The molecule has 0 saturated carbocycles. The maximum atomic E-state index is 12.9. The van der Waals surface area contributed by atoms with Crippen molar-refractivity contribution in [1.82, 2.24) is 34.8 Å². The number of amides is 1. The zero-order valence-corrected chi connectivity index (χ0v) is 16.5. The Morgan fingerprint density at radius 3 is 2.87 bits per heavy atom. The Hall–Kier alpha value is -3.59. The summed E-state index contributed by atoms with van der Waals surface area (Å²) < 4.78 is 7.40. The van der Waals surface area contributed by atoms with Crippen LogP contribution in [0.4, 0.5) is 0 Å². The predicted molar refractivity (Wildman–Crippen MR) is 110 cm³/mol. The topological polar surface area (TPSA) is 102 Å². The number of fused-ring (bicyclic) bond motifs is 1. The van der Waals surface area contributed by atoms with E-state index in [1.807, 2.05) is 42.2 Å². The average molecular weight is 403 g/mol. The van der Waals surface area contributed by atoms with E-state index in [0.717, 1.165) is 23.1 Å². The number of hydrogen-bond donors (Lipinski definition) is 1. The van der Waals surface area contributed by atoms with E-state index in [1.165, 1.54) is 6.33 Å². The molecule has 1 aliphatic rings. The van der Waals surface area contributed by atoms with Crippen LogP contribution in [0.25, 0.3) is 28.1 Å². The first-order chi connectivity index (χ1) is 14.7. The Bertz CT molecular complexity index is 1170. The van der Waals surface area contributed by atoms with Crippen molar-refractivity contribution < 1.29 is 9.53 Å². The molecule has 9 nitrogen and oxygen atoms in total. The minimum absolute atomic E-state index is 0.0178. The number of hydrogen-bond acceptors (Lipinski definition) is 6. The fraction of sp³-hybridized carbons (Fsp3) is 0.286. The number of aromatic amines is 1. The molecule has 1 amide bonds. The van der Waals surface area contributed by atoms with Gasteiger partial charge in [-0.2, -0.15) is 10.2 Å². The lowest BCUT2D eigenvalue weighted by atomic mass is 10.2. The second-order valence-electron chi connectivity index (χ2n) is 7.19. The van der Waals surface area contributed by atoms with E-state index in [4.69, 9.17) is 4.74 Å². The summed E-state index contributed by atoms with van der Waals surface area (Å²) in [6.07, 6.45) is 5.83. The van der Waals surface area contributed by atoms with E-state index in [1.54, 1.807) is 17.1 Å². The lowest BCUT2D eigenvalue weighted by Gasteiger charge is -2.16. The normalized spacial score (nSPS) is 16.4. The van der Waals surface area contributed by atoms with E-state index in [0.29, 0.717) is 36.7 Å². The molecule has 1 aliphatic heterocycles. The van der Waals surface area contributed by atoms with E-state index < -0.39 is 0 Å². The van der Waals surface area contributed by atoms with Crippen LogP contribution in [0.15, 0.2) is 49.1 Å².